The van der Waals surface area contributed by atoms with Gasteiger partial charge in [0.25, 0.3) is 0 Å². The lowest BCUT2D eigenvalue weighted by Gasteiger charge is -2.37. The van der Waals surface area contributed by atoms with E-state index in [0.717, 1.165) is 24.2 Å². The van der Waals surface area contributed by atoms with Crippen molar-refractivity contribution < 1.29 is 17.9 Å². The highest BCUT2D eigenvalue weighted by atomic mass is 32.2. The van der Waals surface area contributed by atoms with Crippen LogP contribution < -0.4 is 4.74 Å². The standard InChI is InChI=1S/C19H27NO4S/c1-18(2,3)20(10-12-25(4,22)23)17(21)15-13-19(15)9-11-24-16-8-6-5-7-14(16)19/h5-8,15H,9-13H2,1-4H3/t15-,19-/m0/s1. The van der Waals surface area contributed by atoms with Crippen molar-refractivity contribution in [3.05, 3.63) is 29.8 Å². The lowest BCUT2D eigenvalue weighted by molar-refractivity contribution is -0.137. The average Bonchev–Trinajstić information content (AvgIpc) is 3.20. The molecule has 1 aromatic rings. The Bertz CT molecular complexity index is 781. The Kier molecular flexibility index (Phi) is 4.38. The minimum absolute atomic E-state index is 0.00454. The van der Waals surface area contributed by atoms with E-state index in [0.29, 0.717) is 6.61 Å². The molecular formula is C19H27NO4S. The van der Waals surface area contributed by atoms with Crippen molar-refractivity contribution >= 4 is 15.7 Å². The summed E-state index contributed by atoms with van der Waals surface area (Å²) in [6, 6.07) is 7.95. The molecule has 6 heteroatoms. The molecule has 138 valence electrons. The fraction of sp³-hybridized carbons (Fsp3) is 0.632. The van der Waals surface area contributed by atoms with Crippen molar-refractivity contribution in [1.82, 2.24) is 4.90 Å². The molecule has 1 aliphatic carbocycles. The summed E-state index contributed by atoms with van der Waals surface area (Å²) in [5.41, 5.74) is 0.577. The molecule has 1 aromatic carbocycles. The summed E-state index contributed by atoms with van der Waals surface area (Å²) in [5.74, 6) is 0.849. The number of carbonyl (C=O) groups excluding carboxylic acids is 1. The molecule has 0 N–H and O–H groups in total. The van der Waals surface area contributed by atoms with Gasteiger partial charge in [0.2, 0.25) is 5.91 Å². The first-order valence-electron chi connectivity index (χ1n) is 8.76. The normalized spacial score (nSPS) is 25.2. The van der Waals surface area contributed by atoms with Crippen LogP contribution in [0.3, 0.4) is 0 Å². The van der Waals surface area contributed by atoms with Crippen LogP contribution in [-0.2, 0) is 20.0 Å². The molecule has 0 radical (unpaired) electrons. The van der Waals surface area contributed by atoms with Gasteiger partial charge in [-0.3, -0.25) is 4.79 Å². The predicted molar refractivity (Wildman–Crippen MR) is 97.5 cm³/mol. The Morgan fingerprint density at radius 2 is 2.00 bits per heavy atom. The Morgan fingerprint density at radius 1 is 1.32 bits per heavy atom. The molecule has 1 amide bonds. The van der Waals surface area contributed by atoms with Crippen molar-refractivity contribution in [3.8, 4) is 5.75 Å². The summed E-state index contributed by atoms with van der Waals surface area (Å²) in [5, 5.41) is 0. The lowest BCUT2D eigenvalue weighted by Crippen LogP contribution is -2.49. The molecule has 25 heavy (non-hydrogen) atoms. The Labute approximate surface area is 150 Å². The number of fused-ring (bicyclic) bond motifs is 2. The van der Waals surface area contributed by atoms with E-state index >= 15 is 0 Å². The monoisotopic (exact) mass is 365 g/mol. The van der Waals surface area contributed by atoms with Crippen molar-refractivity contribution in [2.75, 3.05) is 25.2 Å². The second-order valence-electron chi connectivity index (χ2n) is 8.30. The molecule has 0 saturated heterocycles. The van der Waals surface area contributed by atoms with Gasteiger partial charge in [0.1, 0.15) is 15.6 Å². The molecule has 0 aromatic heterocycles. The molecule has 1 saturated carbocycles. The van der Waals surface area contributed by atoms with Crippen LogP contribution in [0.15, 0.2) is 24.3 Å². The molecule has 1 heterocycles. The highest BCUT2D eigenvalue weighted by molar-refractivity contribution is 7.90. The highest BCUT2D eigenvalue weighted by Gasteiger charge is 2.62. The molecule has 5 nitrogen and oxygen atoms in total. The molecule has 1 fully saturated rings. The van der Waals surface area contributed by atoms with E-state index in [1.165, 1.54) is 6.26 Å². The maximum absolute atomic E-state index is 13.2. The van der Waals surface area contributed by atoms with Crippen molar-refractivity contribution in [3.63, 3.8) is 0 Å². The van der Waals surface area contributed by atoms with Crippen LogP contribution in [0.2, 0.25) is 0 Å². The zero-order valence-electron chi connectivity index (χ0n) is 15.4. The van der Waals surface area contributed by atoms with Crippen molar-refractivity contribution in [2.24, 2.45) is 5.92 Å². The van der Waals surface area contributed by atoms with Gasteiger partial charge in [-0.1, -0.05) is 18.2 Å². The van der Waals surface area contributed by atoms with E-state index in [4.69, 9.17) is 4.74 Å². The van der Waals surface area contributed by atoms with Gasteiger partial charge in [0.05, 0.1) is 12.4 Å². The molecule has 2 aliphatic rings. The third-order valence-corrected chi connectivity index (χ3v) is 6.29. The van der Waals surface area contributed by atoms with Gasteiger partial charge < -0.3 is 9.64 Å². The third-order valence-electron chi connectivity index (χ3n) is 5.36. The first kappa shape index (κ1) is 18.2. The fourth-order valence-corrected chi connectivity index (χ4v) is 4.42. The van der Waals surface area contributed by atoms with E-state index in [1.54, 1.807) is 4.90 Å². The maximum atomic E-state index is 13.2. The zero-order chi connectivity index (χ0) is 18.5. The predicted octanol–water partition coefficient (Wildman–Crippen LogP) is 2.40. The van der Waals surface area contributed by atoms with E-state index in [-0.39, 0.29) is 29.5 Å². The van der Waals surface area contributed by atoms with E-state index in [9.17, 15) is 13.2 Å². The molecule has 1 aliphatic heterocycles. The van der Waals surface area contributed by atoms with Crippen molar-refractivity contribution in [2.45, 2.75) is 44.6 Å². The molecule has 1 spiro atoms. The lowest BCUT2D eigenvalue weighted by atomic mass is 9.87. The Morgan fingerprint density at radius 3 is 2.64 bits per heavy atom. The molecule has 2 atom stereocenters. The SMILES string of the molecule is CC(C)(C)N(CCS(C)(=O)=O)C(=O)[C@@H]1C[C@]12CCOc1ccccc12. The van der Waals surface area contributed by atoms with Crippen molar-refractivity contribution in [1.29, 1.82) is 0 Å². The number of benzene rings is 1. The van der Waals surface area contributed by atoms with E-state index < -0.39 is 15.4 Å². The summed E-state index contributed by atoms with van der Waals surface area (Å²) >= 11 is 0. The van der Waals surface area contributed by atoms with Crippen LogP contribution in [0.1, 0.15) is 39.2 Å². The summed E-state index contributed by atoms with van der Waals surface area (Å²) < 4.78 is 28.9. The second kappa shape index (κ2) is 6.01. The number of hydrogen-bond donors (Lipinski definition) is 0. The van der Waals surface area contributed by atoms with Gasteiger partial charge in [-0.2, -0.15) is 0 Å². The van der Waals surface area contributed by atoms with Crippen LogP contribution in [0.25, 0.3) is 0 Å². The van der Waals surface area contributed by atoms with Crippen LogP contribution in [0.4, 0.5) is 0 Å². The summed E-state index contributed by atoms with van der Waals surface area (Å²) in [4.78, 5) is 15.0. The maximum Gasteiger partial charge on any atom is 0.227 e. The van der Waals surface area contributed by atoms with Crippen LogP contribution in [-0.4, -0.2) is 49.9 Å². The van der Waals surface area contributed by atoms with E-state index in [1.807, 2.05) is 39.0 Å². The molecular weight excluding hydrogens is 338 g/mol. The highest BCUT2D eigenvalue weighted by Crippen LogP contribution is 2.61. The number of ether oxygens (including phenoxy) is 1. The first-order valence-corrected chi connectivity index (χ1v) is 10.8. The number of para-hydroxylation sites is 1. The molecule has 0 unspecified atom stereocenters. The minimum atomic E-state index is -3.11. The number of amides is 1. The first-order chi connectivity index (χ1) is 11.5. The summed E-state index contributed by atoms with van der Waals surface area (Å²) in [6.45, 7) is 6.74. The zero-order valence-corrected chi connectivity index (χ0v) is 16.2. The largest absolute Gasteiger partial charge is 0.493 e. The number of rotatable bonds is 4. The molecule has 0 bridgehead atoms. The van der Waals surface area contributed by atoms with Crippen LogP contribution in [0, 0.1) is 5.92 Å². The second-order valence-corrected chi connectivity index (χ2v) is 10.6. The van der Waals surface area contributed by atoms with Crippen LogP contribution in [0.5, 0.6) is 5.75 Å². The van der Waals surface area contributed by atoms with E-state index in [2.05, 4.69) is 6.07 Å². The van der Waals surface area contributed by atoms with Gasteiger partial charge in [-0.05, 0) is 39.7 Å². The average molecular weight is 365 g/mol. The molecule has 3 rings (SSSR count). The van der Waals surface area contributed by atoms with Gasteiger partial charge in [-0.15, -0.1) is 0 Å². The smallest absolute Gasteiger partial charge is 0.227 e. The van der Waals surface area contributed by atoms with Gasteiger partial charge in [0, 0.05) is 35.2 Å². The summed E-state index contributed by atoms with van der Waals surface area (Å²) in [7, 11) is -3.11. The van der Waals surface area contributed by atoms with Gasteiger partial charge in [-0.25, -0.2) is 8.42 Å². The number of sulfone groups is 1. The Balaban J connectivity index is 1.84. The quantitative estimate of drug-likeness (QED) is 0.822. The minimum Gasteiger partial charge on any atom is -0.493 e. The fourth-order valence-electron chi connectivity index (χ4n) is 3.91. The number of hydrogen-bond acceptors (Lipinski definition) is 4. The van der Waals surface area contributed by atoms with Gasteiger partial charge in [0.15, 0.2) is 0 Å². The third kappa shape index (κ3) is 3.54. The van der Waals surface area contributed by atoms with Gasteiger partial charge >= 0.3 is 0 Å². The van der Waals surface area contributed by atoms with Crippen LogP contribution >= 0.6 is 0 Å². The number of carbonyl (C=O) groups is 1. The number of nitrogens with zero attached hydrogens (tertiary/aromatic N) is 1. The summed E-state index contributed by atoms with van der Waals surface area (Å²) in [6.07, 6.45) is 2.87. The Hall–Kier alpha value is -1.56. The topological polar surface area (TPSA) is 63.7 Å².